The van der Waals surface area contributed by atoms with Crippen LogP contribution in [0.4, 0.5) is 11.6 Å². The summed E-state index contributed by atoms with van der Waals surface area (Å²) in [5.74, 6) is 7.43. The molecule has 6 heteroatoms. The fourth-order valence-corrected chi connectivity index (χ4v) is 2.61. The van der Waals surface area contributed by atoms with Crippen LogP contribution in [0.5, 0.6) is 0 Å². The first-order chi connectivity index (χ1) is 9.17. The Morgan fingerprint density at radius 2 is 2.32 bits per heavy atom. The molecule has 1 saturated heterocycles. The maximum Gasteiger partial charge on any atom is 0.148 e. The Balaban J connectivity index is 2.28. The maximum atomic E-state index is 9.82. The van der Waals surface area contributed by atoms with E-state index < -0.39 is 0 Å². The molecule has 1 aliphatic rings. The van der Waals surface area contributed by atoms with Gasteiger partial charge in [0.1, 0.15) is 18.0 Å². The Morgan fingerprint density at radius 3 is 2.95 bits per heavy atom. The summed E-state index contributed by atoms with van der Waals surface area (Å²) in [5, 5.41) is 9.82. The molecule has 0 bridgehead atoms. The number of rotatable bonds is 4. The van der Waals surface area contributed by atoms with Crippen LogP contribution in [0, 0.1) is 5.92 Å². The molecule has 2 heterocycles. The Hall–Kier alpha value is -1.40. The smallest absolute Gasteiger partial charge is 0.148 e. The zero-order chi connectivity index (χ0) is 13.8. The van der Waals surface area contributed by atoms with Gasteiger partial charge in [-0.05, 0) is 18.8 Å². The number of nitrogen functional groups attached to an aromatic ring is 1. The highest BCUT2D eigenvalue weighted by molar-refractivity contribution is 5.58. The van der Waals surface area contributed by atoms with Crippen LogP contribution in [-0.4, -0.2) is 34.3 Å². The molecular formula is C13H23N5O. The number of aromatic nitrogens is 2. The summed E-state index contributed by atoms with van der Waals surface area (Å²) in [5.41, 5.74) is 3.72. The van der Waals surface area contributed by atoms with Crippen LogP contribution < -0.4 is 16.2 Å². The Bertz CT molecular complexity index is 425. The van der Waals surface area contributed by atoms with Gasteiger partial charge >= 0.3 is 0 Å². The standard InChI is InChI=1S/C13H23N5O/c1-3-4-10-12(17-14)15-8-16-13(10)18-6-5-11(19)9(2)7-18/h8-9,11,19H,3-7,14H2,1-2H3,(H,15,16,17). The molecule has 1 aromatic rings. The van der Waals surface area contributed by atoms with E-state index >= 15 is 0 Å². The Kier molecular flexibility index (Phi) is 4.55. The molecule has 1 aliphatic heterocycles. The second-order valence-corrected chi connectivity index (χ2v) is 5.20. The van der Waals surface area contributed by atoms with Gasteiger partial charge in [0.25, 0.3) is 0 Å². The van der Waals surface area contributed by atoms with Crippen molar-refractivity contribution in [2.24, 2.45) is 11.8 Å². The third-order valence-corrected chi connectivity index (χ3v) is 3.72. The van der Waals surface area contributed by atoms with Gasteiger partial charge in [0.15, 0.2) is 0 Å². The van der Waals surface area contributed by atoms with Crippen molar-refractivity contribution >= 4 is 11.6 Å². The van der Waals surface area contributed by atoms with Gasteiger partial charge in [-0.2, -0.15) is 0 Å². The third-order valence-electron chi connectivity index (χ3n) is 3.72. The van der Waals surface area contributed by atoms with E-state index in [2.05, 4.69) is 34.1 Å². The number of nitrogens with zero attached hydrogens (tertiary/aromatic N) is 3. The molecule has 2 unspecified atom stereocenters. The SMILES string of the molecule is CCCc1c(NN)ncnc1N1CCC(O)C(C)C1. The minimum Gasteiger partial charge on any atom is -0.393 e. The van der Waals surface area contributed by atoms with E-state index in [4.69, 9.17) is 5.84 Å². The van der Waals surface area contributed by atoms with Gasteiger partial charge in [0.05, 0.1) is 6.10 Å². The molecule has 1 fully saturated rings. The van der Waals surface area contributed by atoms with Crippen molar-refractivity contribution in [2.75, 3.05) is 23.4 Å². The third kappa shape index (κ3) is 2.96. The van der Waals surface area contributed by atoms with Crippen LogP contribution in [0.2, 0.25) is 0 Å². The highest BCUT2D eigenvalue weighted by atomic mass is 16.3. The van der Waals surface area contributed by atoms with Crippen LogP contribution >= 0.6 is 0 Å². The highest BCUT2D eigenvalue weighted by Crippen LogP contribution is 2.28. The molecule has 0 aromatic carbocycles. The molecule has 0 saturated carbocycles. The van der Waals surface area contributed by atoms with Gasteiger partial charge in [-0.15, -0.1) is 0 Å². The number of hydrazine groups is 1. The zero-order valence-electron chi connectivity index (χ0n) is 11.6. The molecule has 19 heavy (non-hydrogen) atoms. The molecule has 0 radical (unpaired) electrons. The first-order valence-corrected chi connectivity index (χ1v) is 6.90. The van der Waals surface area contributed by atoms with E-state index in [0.717, 1.165) is 43.7 Å². The van der Waals surface area contributed by atoms with Crippen molar-refractivity contribution in [3.05, 3.63) is 11.9 Å². The predicted molar refractivity (Wildman–Crippen MR) is 75.8 cm³/mol. The number of nitrogens with one attached hydrogen (secondary N) is 1. The number of aliphatic hydroxyl groups excluding tert-OH is 1. The Labute approximate surface area is 114 Å². The van der Waals surface area contributed by atoms with Gasteiger partial charge < -0.3 is 15.4 Å². The van der Waals surface area contributed by atoms with Gasteiger partial charge in [-0.3, -0.25) is 0 Å². The quantitative estimate of drug-likeness (QED) is 0.554. The first-order valence-electron chi connectivity index (χ1n) is 6.90. The Morgan fingerprint density at radius 1 is 1.53 bits per heavy atom. The number of hydrogen-bond donors (Lipinski definition) is 3. The summed E-state index contributed by atoms with van der Waals surface area (Å²) >= 11 is 0. The van der Waals surface area contributed by atoms with Gasteiger partial charge in [-0.25, -0.2) is 15.8 Å². The molecule has 1 aromatic heterocycles. The van der Waals surface area contributed by atoms with Crippen LogP contribution in [0.3, 0.4) is 0 Å². The second-order valence-electron chi connectivity index (χ2n) is 5.20. The van der Waals surface area contributed by atoms with E-state index in [1.54, 1.807) is 6.33 Å². The van der Waals surface area contributed by atoms with E-state index in [-0.39, 0.29) is 12.0 Å². The van der Waals surface area contributed by atoms with E-state index in [1.165, 1.54) is 0 Å². The lowest BCUT2D eigenvalue weighted by Crippen LogP contribution is -2.42. The first kappa shape index (κ1) is 14.0. The largest absolute Gasteiger partial charge is 0.393 e. The van der Waals surface area contributed by atoms with Crippen molar-refractivity contribution in [1.82, 2.24) is 9.97 Å². The van der Waals surface area contributed by atoms with Gasteiger partial charge in [0.2, 0.25) is 0 Å². The summed E-state index contributed by atoms with van der Waals surface area (Å²) in [6.45, 7) is 5.83. The average Bonchev–Trinajstić information content (AvgIpc) is 2.42. The minimum absolute atomic E-state index is 0.209. The summed E-state index contributed by atoms with van der Waals surface area (Å²) < 4.78 is 0. The summed E-state index contributed by atoms with van der Waals surface area (Å²) in [6, 6.07) is 0. The maximum absolute atomic E-state index is 9.82. The lowest BCUT2D eigenvalue weighted by molar-refractivity contribution is 0.0968. The number of piperidine rings is 1. The lowest BCUT2D eigenvalue weighted by atomic mass is 9.96. The van der Waals surface area contributed by atoms with Crippen LogP contribution in [0.25, 0.3) is 0 Å². The number of hydrogen-bond acceptors (Lipinski definition) is 6. The van der Waals surface area contributed by atoms with Crippen molar-refractivity contribution in [3.8, 4) is 0 Å². The molecule has 0 aliphatic carbocycles. The molecule has 0 amide bonds. The summed E-state index contributed by atoms with van der Waals surface area (Å²) in [4.78, 5) is 10.8. The zero-order valence-corrected chi connectivity index (χ0v) is 11.6. The van der Waals surface area contributed by atoms with Crippen molar-refractivity contribution in [1.29, 1.82) is 0 Å². The van der Waals surface area contributed by atoms with E-state index in [1.807, 2.05) is 0 Å². The van der Waals surface area contributed by atoms with Crippen molar-refractivity contribution in [3.63, 3.8) is 0 Å². The summed E-state index contributed by atoms with van der Waals surface area (Å²) in [6.07, 6.45) is 4.02. The van der Waals surface area contributed by atoms with Crippen molar-refractivity contribution in [2.45, 2.75) is 39.2 Å². The molecule has 0 spiro atoms. The molecule has 106 valence electrons. The van der Waals surface area contributed by atoms with Gasteiger partial charge in [-0.1, -0.05) is 20.3 Å². The van der Waals surface area contributed by atoms with Crippen LogP contribution in [-0.2, 0) is 6.42 Å². The molecule has 2 rings (SSSR count). The van der Waals surface area contributed by atoms with Gasteiger partial charge in [0, 0.05) is 18.7 Å². The fourth-order valence-electron chi connectivity index (χ4n) is 2.61. The number of nitrogens with two attached hydrogens (primary N) is 1. The summed E-state index contributed by atoms with van der Waals surface area (Å²) in [7, 11) is 0. The predicted octanol–water partition coefficient (Wildman–Crippen LogP) is 0.922. The fraction of sp³-hybridized carbons (Fsp3) is 0.692. The topological polar surface area (TPSA) is 87.3 Å². The molecule has 6 nitrogen and oxygen atoms in total. The van der Waals surface area contributed by atoms with E-state index in [9.17, 15) is 5.11 Å². The molecular weight excluding hydrogens is 242 g/mol. The number of anilines is 2. The normalized spacial score (nSPS) is 23.5. The molecule has 4 N–H and O–H groups in total. The average molecular weight is 265 g/mol. The second kappa shape index (κ2) is 6.16. The lowest BCUT2D eigenvalue weighted by Gasteiger charge is -2.36. The van der Waals surface area contributed by atoms with Crippen molar-refractivity contribution < 1.29 is 5.11 Å². The van der Waals surface area contributed by atoms with E-state index in [0.29, 0.717) is 5.82 Å². The van der Waals surface area contributed by atoms with Crippen LogP contribution in [0.15, 0.2) is 6.33 Å². The molecule has 2 atom stereocenters. The minimum atomic E-state index is -0.209. The highest BCUT2D eigenvalue weighted by Gasteiger charge is 2.27. The monoisotopic (exact) mass is 265 g/mol. The number of aliphatic hydroxyl groups is 1. The van der Waals surface area contributed by atoms with Crippen LogP contribution in [0.1, 0.15) is 32.3 Å².